The number of pyridine rings is 1. The topological polar surface area (TPSA) is 37.0 Å². The van der Waals surface area contributed by atoms with Crippen LogP contribution in [0, 0.1) is 5.92 Å². The summed E-state index contributed by atoms with van der Waals surface area (Å²) in [7, 11) is 0. The Bertz CT molecular complexity index is 332. The average molecular weight is 219 g/mol. The number of nitrogens with one attached hydrogen (secondary N) is 2. The highest BCUT2D eigenvalue weighted by Crippen LogP contribution is 2.29. The van der Waals surface area contributed by atoms with Gasteiger partial charge >= 0.3 is 0 Å². The summed E-state index contributed by atoms with van der Waals surface area (Å²) in [6.45, 7) is 5.44. The molecule has 3 nitrogen and oxygen atoms in total. The van der Waals surface area contributed by atoms with Gasteiger partial charge in [-0.2, -0.15) is 0 Å². The number of hydrogen-bond acceptors (Lipinski definition) is 3. The van der Waals surface area contributed by atoms with Gasteiger partial charge in [-0.3, -0.25) is 0 Å². The van der Waals surface area contributed by atoms with E-state index in [9.17, 15) is 0 Å². The van der Waals surface area contributed by atoms with Gasteiger partial charge in [-0.1, -0.05) is 19.9 Å². The number of nitrogens with zero attached hydrogens (tertiary/aromatic N) is 1. The summed E-state index contributed by atoms with van der Waals surface area (Å²) in [5, 5.41) is 6.78. The van der Waals surface area contributed by atoms with Crippen molar-refractivity contribution in [2.24, 2.45) is 5.92 Å². The van der Waals surface area contributed by atoms with Gasteiger partial charge < -0.3 is 10.6 Å². The Morgan fingerprint density at radius 1 is 1.31 bits per heavy atom. The Labute approximate surface area is 97.7 Å². The first kappa shape index (κ1) is 11.2. The van der Waals surface area contributed by atoms with E-state index >= 15 is 0 Å². The third kappa shape index (κ3) is 2.87. The molecule has 16 heavy (non-hydrogen) atoms. The number of hydrogen-bond donors (Lipinski definition) is 2. The van der Waals surface area contributed by atoms with Gasteiger partial charge in [0.25, 0.3) is 0 Å². The highest BCUT2D eigenvalue weighted by molar-refractivity contribution is 5.45. The third-order valence-corrected chi connectivity index (χ3v) is 3.03. The molecule has 0 spiro atoms. The molecule has 1 saturated carbocycles. The smallest absolute Gasteiger partial charge is 0.128 e. The van der Waals surface area contributed by atoms with Gasteiger partial charge in [-0.15, -0.1) is 0 Å². The number of rotatable bonds is 5. The SMILES string of the molecule is CCCNc1cccc(NC2CC(C)C2)n1. The van der Waals surface area contributed by atoms with Crippen LogP contribution in [0.2, 0.25) is 0 Å². The van der Waals surface area contributed by atoms with Crippen LogP contribution in [0.5, 0.6) is 0 Å². The summed E-state index contributed by atoms with van der Waals surface area (Å²) in [6, 6.07) is 6.74. The number of anilines is 2. The molecule has 88 valence electrons. The van der Waals surface area contributed by atoms with Gasteiger partial charge in [0, 0.05) is 12.6 Å². The van der Waals surface area contributed by atoms with Crippen molar-refractivity contribution in [2.75, 3.05) is 17.2 Å². The summed E-state index contributed by atoms with van der Waals surface area (Å²) >= 11 is 0. The van der Waals surface area contributed by atoms with Crippen LogP contribution < -0.4 is 10.6 Å². The molecule has 1 fully saturated rings. The fourth-order valence-electron chi connectivity index (χ4n) is 2.10. The minimum Gasteiger partial charge on any atom is -0.370 e. The Balaban J connectivity index is 1.88. The summed E-state index contributed by atoms with van der Waals surface area (Å²) < 4.78 is 0. The molecule has 0 unspecified atom stereocenters. The molecule has 3 heteroatoms. The highest BCUT2D eigenvalue weighted by atomic mass is 15.1. The molecular weight excluding hydrogens is 198 g/mol. The van der Waals surface area contributed by atoms with E-state index in [0.29, 0.717) is 6.04 Å². The first-order valence-corrected chi connectivity index (χ1v) is 6.25. The van der Waals surface area contributed by atoms with Gasteiger partial charge in [0.05, 0.1) is 0 Å². The third-order valence-electron chi connectivity index (χ3n) is 3.03. The van der Waals surface area contributed by atoms with E-state index in [1.54, 1.807) is 0 Å². The molecule has 1 aliphatic carbocycles. The molecule has 2 rings (SSSR count). The zero-order valence-corrected chi connectivity index (χ0v) is 10.2. The fraction of sp³-hybridized carbons (Fsp3) is 0.615. The van der Waals surface area contributed by atoms with Gasteiger partial charge in [-0.25, -0.2) is 4.98 Å². The van der Waals surface area contributed by atoms with Gasteiger partial charge in [0.1, 0.15) is 11.6 Å². The second kappa shape index (κ2) is 5.19. The van der Waals surface area contributed by atoms with Crippen LogP contribution in [0.15, 0.2) is 18.2 Å². The van der Waals surface area contributed by atoms with E-state index in [4.69, 9.17) is 0 Å². The molecular formula is C13H21N3. The van der Waals surface area contributed by atoms with Gasteiger partial charge in [-0.05, 0) is 37.3 Å². The maximum absolute atomic E-state index is 4.53. The lowest BCUT2D eigenvalue weighted by Gasteiger charge is -2.33. The number of aromatic nitrogens is 1. The maximum atomic E-state index is 4.53. The van der Waals surface area contributed by atoms with E-state index < -0.39 is 0 Å². The van der Waals surface area contributed by atoms with Crippen LogP contribution in [0.25, 0.3) is 0 Å². The molecule has 1 heterocycles. The van der Waals surface area contributed by atoms with Gasteiger partial charge in [0.15, 0.2) is 0 Å². The first-order valence-electron chi connectivity index (χ1n) is 6.25. The predicted molar refractivity (Wildman–Crippen MR) is 68.8 cm³/mol. The zero-order valence-electron chi connectivity index (χ0n) is 10.2. The highest BCUT2D eigenvalue weighted by Gasteiger charge is 2.25. The summed E-state index contributed by atoms with van der Waals surface area (Å²) in [4.78, 5) is 4.53. The largest absolute Gasteiger partial charge is 0.370 e. The quantitative estimate of drug-likeness (QED) is 0.799. The Morgan fingerprint density at radius 3 is 2.75 bits per heavy atom. The molecule has 0 saturated heterocycles. The second-order valence-electron chi connectivity index (χ2n) is 4.75. The lowest BCUT2D eigenvalue weighted by atomic mass is 9.82. The molecule has 0 aromatic carbocycles. The lowest BCUT2D eigenvalue weighted by molar-refractivity contribution is 0.308. The molecule has 1 aromatic rings. The van der Waals surface area contributed by atoms with Gasteiger partial charge in [0.2, 0.25) is 0 Å². The monoisotopic (exact) mass is 219 g/mol. The summed E-state index contributed by atoms with van der Waals surface area (Å²) in [5.41, 5.74) is 0. The van der Waals surface area contributed by atoms with E-state index in [0.717, 1.165) is 30.5 Å². The Morgan fingerprint density at radius 2 is 2.06 bits per heavy atom. The normalized spacial score (nSPS) is 23.6. The standard InChI is InChI=1S/C13H21N3/c1-3-7-14-12-5-4-6-13(16-12)15-11-8-10(2)9-11/h4-6,10-11H,3,7-9H2,1-2H3,(H2,14,15,16). The summed E-state index contributed by atoms with van der Waals surface area (Å²) in [6.07, 6.45) is 3.67. The Hall–Kier alpha value is -1.25. The van der Waals surface area contributed by atoms with E-state index in [1.165, 1.54) is 12.8 Å². The zero-order chi connectivity index (χ0) is 11.4. The molecule has 0 radical (unpaired) electrons. The van der Waals surface area contributed by atoms with Crippen molar-refractivity contribution in [1.29, 1.82) is 0 Å². The van der Waals surface area contributed by atoms with Crippen LogP contribution in [-0.4, -0.2) is 17.6 Å². The van der Waals surface area contributed by atoms with Crippen molar-refractivity contribution >= 4 is 11.6 Å². The van der Waals surface area contributed by atoms with Crippen molar-refractivity contribution in [3.63, 3.8) is 0 Å². The van der Waals surface area contributed by atoms with Crippen LogP contribution in [0.3, 0.4) is 0 Å². The second-order valence-corrected chi connectivity index (χ2v) is 4.75. The van der Waals surface area contributed by atoms with Crippen LogP contribution in [-0.2, 0) is 0 Å². The van der Waals surface area contributed by atoms with Crippen molar-refractivity contribution in [3.05, 3.63) is 18.2 Å². The average Bonchev–Trinajstić information content (AvgIpc) is 2.25. The van der Waals surface area contributed by atoms with Crippen molar-refractivity contribution in [1.82, 2.24) is 4.98 Å². The summed E-state index contributed by atoms with van der Waals surface area (Å²) in [5.74, 6) is 2.84. The van der Waals surface area contributed by atoms with Crippen LogP contribution in [0.1, 0.15) is 33.1 Å². The van der Waals surface area contributed by atoms with Crippen molar-refractivity contribution in [2.45, 2.75) is 39.2 Å². The van der Waals surface area contributed by atoms with E-state index in [-0.39, 0.29) is 0 Å². The molecule has 0 atom stereocenters. The molecule has 1 aliphatic rings. The molecule has 1 aromatic heterocycles. The fourth-order valence-corrected chi connectivity index (χ4v) is 2.10. The molecule has 2 N–H and O–H groups in total. The van der Waals surface area contributed by atoms with E-state index in [1.807, 2.05) is 12.1 Å². The van der Waals surface area contributed by atoms with Crippen LogP contribution >= 0.6 is 0 Å². The van der Waals surface area contributed by atoms with E-state index in [2.05, 4.69) is 35.5 Å². The van der Waals surface area contributed by atoms with Crippen molar-refractivity contribution in [3.8, 4) is 0 Å². The Kier molecular flexibility index (Phi) is 3.65. The maximum Gasteiger partial charge on any atom is 0.128 e. The first-order chi connectivity index (χ1) is 7.78. The molecule has 0 aliphatic heterocycles. The lowest BCUT2D eigenvalue weighted by Crippen LogP contribution is -2.34. The minimum absolute atomic E-state index is 0.629. The minimum atomic E-state index is 0.629. The predicted octanol–water partition coefficient (Wildman–Crippen LogP) is 3.11. The molecule has 0 bridgehead atoms. The molecule has 0 amide bonds. The van der Waals surface area contributed by atoms with Crippen molar-refractivity contribution < 1.29 is 0 Å². The van der Waals surface area contributed by atoms with Crippen LogP contribution in [0.4, 0.5) is 11.6 Å².